The van der Waals surface area contributed by atoms with E-state index < -0.39 is 11.5 Å². The van der Waals surface area contributed by atoms with Crippen LogP contribution in [0.5, 0.6) is 0 Å². The number of amides is 1. The number of halogens is 2. The van der Waals surface area contributed by atoms with Crippen LogP contribution in [0.4, 0.5) is 25.3 Å². The highest BCUT2D eigenvalue weighted by molar-refractivity contribution is 5.68. The van der Waals surface area contributed by atoms with E-state index in [9.17, 15) is 13.6 Å². The lowest BCUT2D eigenvalue weighted by Gasteiger charge is -2.55. The quantitative estimate of drug-likeness (QED) is 0.441. The van der Waals surface area contributed by atoms with Crippen LogP contribution in [-0.2, 0) is 17.1 Å². The molecule has 1 unspecified atom stereocenters. The van der Waals surface area contributed by atoms with Crippen LogP contribution in [0.2, 0.25) is 0 Å². The molecule has 8 nitrogen and oxygen atoms in total. The summed E-state index contributed by atoms with van der Waals surface area (Å²) in [6.07, 6.45) is 3.93. The fraction of sp³-hybridized carbons (Fsp3) is 0.767. The van der Waals surface area contributed by atoms with E-state index in [1.807, 2.05) is 27.7 Å². The highest BCUT2D eigenvalue weighted by Gasteiger charge is 2.49. The zero-order valence-electron chi connectivity index (χ0n) is 24.8. The lowest BCUT2D eigenvalue weighted by Crippen LogP contribution is -2.56. The maximum Gasteiger partial charge on any atom is 0.410 e. The van der Waals surface area contributed by atoms with Gasteiger partial charge in [-0.2, -0.15) is 13.8 Å². The first-order chi connectivity index (χ1) is 18.8. The van der Waals surface area contributed by atoms with Crippen molar-refractivity contribution in [2.24, 2.45) is 17.8 Å². The van der Waals surface area contributed by atoms with E-state index in [-0.39, 0.29) is 24.2 Å². The summed E-state index contributed by atoms with van der Waals surface area (Å²) in [4.78, 5) is 27.9. The fourth-order valence-electron chi connectivity index (χ4n) is 6.88. The van der Waals surface area contributed by atoms with Crippen molar-refractivity contribution in [1.82, 2.24) is 19.8 Å². The number of ether oxygens (including phenoxy) is 1. The Morgan fingerprint density at radius 3 is 2.42 bits per heavy atom. The first kappa shape index (κ1) is 28.9. The van der Waals surface area contributed by atoms with Gasteiger partial charge in [-0.3, -0.25) is 0 Å². The van der Waals surface area contributed by atoms with Crippen LogP contribution in [-0.4, -0.2) is 76.8 Å². The van der Waals surface area contributed by atoms with E-state index >= 15 is 0 Å². The summed E-state index contributed by atoms with van der Waals surface area (Å²) in [7, 11) is 0. The third-order valence-corrected chi connectivity index (χ3v) is 8.99. The maximum atomic E-state index is 14.8. The zero-order chi connectivity index (χ0) is 28.8. The Kier molecular flexibility index (Phi) is 7.92. The number of piperidine rings is 2. The predicted molar refractivity (Wildman–Crippen MR) is 153 cm³/mol. The van der Waals surface area contributed by atoms with E-state index in [0.29, 0.717) is 54.6 Å². The minimum atomic E-state index is -2.90. The Morgan fingerprint density at radius 1 is 1.15 bits per heavy atom. The number of hydrogen-bond donors (Lipinski definition) is 1. The molecule has 4 heterocycles. The maximum absolute atomic E-state index is 14.8. The molecule has 0 spiro atoms. The first-order valence-corrected chi connectivity index (χ1v) is 15.1. The van der Waals surface area contributed by atoms with E-state index in [4.69, 9.17) is 9.72 Å². The minimum absolute atomic E-state index is 0.0848. The first-order valence-electron chi connectivity index (χ1n) is 15.1. The van der Waals surface area contributed by atoms with Crippen molar-refractivity contribution in [1.29, 1.82) is 0 Å². The third kappa shape index (κ3) is 6.00. The Bertz CT molecular complexity index is 1100. The average Bonchev–Trinajstić information content (AvgIpc) is 3.20. The monoisotopic (exact) mass is 560 g/mol. The van der Waals surface area contributed by atoms with Gasteiger partial charge in [0.25, 0.3) is 5.92 Å². The summed E-state index contributed by atoms with van der Waals surface area (Å²) in [6, 6.07) is 0.127. The third-order valence-electron chi connectivity index (χ3n) is 8.99. The number of nitrogens with one attached hydrogen (secondary N) is 1. The molecule has 3 aliphatic heterocycles. The van der Waals surface area contributed by atoms with Gasteiger partial charge < -0.3 is 24.8 Å². The summed E-state index contributed by atoms with van der Waals surface area (Å²) in [5, 5.41) is 3.27. The van der Waals surface area contributed by atoms with Crippen molar-refractivity contribution >= 4 is 17.9 Å². The molecule has 40 heavy (non-hydrogen) atoms. The van der Waals surface area contributed by atoms with E-state index in [2.05, 4.69) is 33.6 Å². The number of hydrogen-bond acceptors (Lipinski definition) is 7. The summed E-state index contributed by atoms with van der Waals surface area (Å²) in [5.41, 5.74) is 1.18. The standard InChI is InChI=1S/C30H46F2N6O2/c1-7-8-19(2)33-27-34-25-23(9-10-30(25,31)32)26(35-27)38-17-21-16-22(18-38)24(21)15-20(3)36-11-13-37(14-12-36)28(39)40-29(4,5)6/h19,21-22,24H,3,7-18H2,1-2,4-6H3,(H,33,34,35)/t19-,21-,22+,24?/m0/s1. The molecule has 1 aromatic rings. The Morgan fingerprint density at radius 2 is 1.80 bits per heavy atom. The number of carbonyl (C=O) groups is 1. The molecule has 2 aliphatic carbocycles. The van der Waals surface area contributed by atoms with Crippen LogP contribution in [0, 0.1) is 17.8 Å². The summed E-state index contributed by atoms with van der Waals surface area (Å²) >= 11 is 0. The zero-order valence-corrected chi connectivity index (χ0v) is 24.8. The molecule has 10 heteroatoms. The Labute approximate surface area is 237 Å². The van der Waals surface area contributed by atoms with Gasteiger partial charge in [-0.05, 0) is 71.1 Å². The predicted octanol–water partition coefficient (Wildman–Crippen LogP) is 5.64. The molecule has 2 bridgehead atoms. The molecule has 1 N–H and O–H groups in total. The Hall–Kier alpha value is -2.65. The van der Waals surface area contributed by atoms with Crippen LogP contribution >= 0.6 is 0 Å². The molecule has 0 radical (unpaired) electrons. The molecule has 4 atom stereocenters. The van der Waals surface area contributed by atoms with Gasteiger partial charge in [0.2, 0.25) is 5.95 Å². The van der Waals surface area contributed by atoms with E-state index in [1.165, 1.54) is 6.42 Å². The molecule has 6 rings (SSSR count). The van der Waals surface area contributed by atoms with Crippen molar-refractivity contribution in [2.45, 2.75) is 90.7 Å². The lowest BCUT2D eigenvalue weighted by atomic mass is 9.60. The smallest absolute Gasteiger partial charge is 0.410 e. The van der Waals surface area contributed by atoms with Gasteiger partial charge in [-0.15, -0.1) is 0 Å². The van der Waals surface area contributed by atoms with Crippen molar-refractivity contribution < 1.29 is 18.3 Å². The number of allylic oxidation sites excluding steroid dienone is 1. The van der Waals surface area contributed by atoms with Crippen LogP contribution in [0.1, 0.15) is 78.0 Å². The van der Waals surface area contributed by atoms with Crippen molar-refractivity contribution in [3.05, 3.63) is 23.5 Å². The number of rotatable bonds is 8. The molecule has 3 saturated heterocycles. The molecule has 222 valence electrons. The SMILES string of the molecule is C=C(CC1[C@@H]2C[C@H]1CN(c1nc(N[C@@H](C)CCC)nc3c1CCC3(F)F)C2)N1CCN(C(=O)OC(C)(C)C)CC1. The van der Waals surface area contributed by atoms with Crippen molar-refractivity contribution in [2.75, 3.05) is 49.5 Å². The van der Waals surface area contributed by atoms with Gasteiger partial charge >= 0.3 is 6.09 Å². The van der Waals surface area contributed by atoms with Gasteiger partial charge in [-0.25, -0.2) is 9.78 Å². The molecule has 1 saturated carbocycles. The number of alkyl halides is 2. The number of fused-ring (bicyclic) bond motifs is 3. The number of nitrogens with zero attached hydrogens (tertiary/aromatic N) is 5. The van der Waals surface area contributed by atoms with Gasteiger partial charge in [0, 0.05) is 63.0 Å². The van der Waals surface area contributed by atoms with Crippen LogP contribution < -0.4 is 10.2 Å². The molecule has 1 aromatic heterocycles. The van der Waals surface area contributed by atoms with Gasteiger partial charge in [0.05, 0.1) is 0 Å². The fourth-order valence-corrected chi connectivity index (χ4v) is 6.88. The second-order valence-electron chi connectivity index (χ2n) is 13.3. The van der Waals surface area contributed by atoms with Gasteiger partial charge in [0.15, 0.2) is 0 Å². The largest absolute Gasteiger partial charge is 0.444 e. The summed E-state index contributed by atoms with van der Waals surface area (Å²) < 4.78 is 35.1. The minimum Gasteiger partial charge on any atom is -0.444 e. The molecule has 5 aliphatic rings. The number of anilines is 2. The molecular weight excluding hydrogens is 514 g/mol. The summed E-state index contributed by atoms with van der Waals surface area (Å²) in [5.74, 6) is -0.317. The van der Waals surface area contributed by atoms with Gasteiger partial charge in [0.1, 0.15) is 17.1 Å². The number of aromatic nitrogens is 2. The second kappa shape index (κ2) is 11.0. The summed E-state index contributed by atoms with van der Waals surface area (Å²) in [6.45, 7) is 18.7. The normalized spacial score (nSPS) is 26.2. The number of carbonyl (C=O) groups excluding carboxylic acids is 1. The van der Waals surface area contributed by atoms with Crippen molar-refractivity contribution in [3.8, 4) is 0 Å². The molecule has 0 aromatic carbocycles. The second-order valence-corrected chi connectivity index (χ2v) is 13.3. The molecule has 4 fully saturated rings. The highest BCUT2D eigenvalue weighted by Crippen LogP contribution is 2.51. The average molecular weight is 561 g/mol. The Balaban J connectivity index is 1.20. The van der Waals surface area contributed by atoms with Crippen LogP contribution in [0.25, 0.3) is 0 Å². The van der Waals surface area contributed by atoms with Crippen molar-refractivity contribution in [3.63, 3.8) is 0 Å². The topological polar surface area (TPSA) is 73.8 Å². The highest BCUT2D eigenvalue weighted by atomic mass is 19.3. The lowest BCUT2D eigenvalue weighted by molar-refractivity contribution is -0.00591. The van der Waals surface area contributed by atoms with E-state index in [0.717, 1.165) is 51.1 Å². The van der Waals surface area contributed by atoms with Gasteiger partial charge in [-0.1, -0.05) is 19.9 Å². The molecular formula is C30H46F2N6O2. The van der Waals surface area contributed by atoms with Crippen LogP contribution in [0.3, 0.4) is 0 Å². The molecule has 1 amide bonds. The van der Waals surface area contributed by atoms with E-state index in [1.54, 1.807) is 4.90 Å². The van der Waals surface area contributed by atoms with Crippen LogP contribution in [0.15, 0.2) is 12.3 Å². The number of piperazine rings is 1.